The molecule has 3 aromatic carbocycles. The van der Waals surface area contributed by atoms with E-state index in [-0.39, 0.29) is 22.9 Å². The van der Waals surface area contributed by atoms with Gasteiger partial charge in [0.15, 0.2) is 0 Å². The van der Waals surface area contributed by atoms with Crippen molar-refractivity contribution < 1.29 is 30.8 Å². The maximum absolute atomic E-state index is 13.7. The highest BCUT2D eigenvalue weighted by molar-refractivity contribution is 7.98. The van der Waals surface area contributed by atoms with Crippen LogP contribution in [0, 0.1) is 5.82 Å². The van der Waals surface area contributed by atoms with Gasteiger partial charge < -0.3 is 5.32 Å². The highest BCUT2D eigenvalue weighted by Gasteiger charge is 2.35. The van der Waals surface area contributed by atoms with Crippen LogP contribution in [0.15, 0.2) is 77.7 Å². The molecule has 0 spiro atoms. The van der Waals surface area contributed by atoms with E-state index in [1.165, 1.54) is 42.1 Å². The zero-order valence-corrected chi connectivity index (χ0v) is 21.7. The molecule has 0 aliphatic heterocycles. The minimum absolute atomic E-state index is 0.184. The van der Waals surface area contributed by atoms with Gasteiger partial charge >= 0.3 is 6.18 Å². The number of halogens is 5. The Balaban J connectivity index is 1.69. The summed E-state index contributed by atoms with van der Waals surface area (Å²) in [6.07, 6.45) is -4.30. The lowest BCUT2D eigenvalue weighted by Crippen LogP contribution is -2.41. The van der Waals surface area contributed by atoms with Crippen LogP contribution in [-0.4, -0.2) is 33.2 Å². The number of anilines is 1. The normalized spacial score (nSPS) is 11.8. The van der Waals surface area contributed by atoms with Crippen molar-refractivity contribution in [2.24, 2.45) is 0 Å². The largest absolute Gasteiger partial charge is 0.417 e. The van der Waals surface area contributed by atoms with Gasteiger partial charge in [0.25, 0.3) is 10.0 Å². The van der Waals surface area contributed by atoms with Crippen molar-refractivity contribution in [2.45, 2.75) is 23.2 Å². The minimum Gasteiger partial charge on any atom is -0.354 e. The molecule has 3 rings (SSSR count). The van der Waals surface area contributed by atoms with E-state index in [0.717, 1.165) is 12.1 Å². The maximum atomic E-state index is 13.7. The summed E-state index contributed by atoms with van der Waals surface area (Å²) in [5.74, 6) is 0.0789. The molecule has 0 aliphatic carbocycles. The number of carbonyl (C=O) groups is 1. The molecular weight excluding hydrogens is 552 g/mol. The Bertz CT molecular complexity index is 1320. The molecule has 0 bridgehead atoms. The fraction of sp³-hybridized carbons (Fsp3) is 0.240. The third-order valence-corrected chi connectivity index (χ3v) is 8.37. The van der Waals surface area contributed by atoms with Crippen molar-refractivity contribution >= 4 is 45.0 Å². The van der Waals surface area contributed by atoms with Gasteiger partial charge in [0.05, 0.1) is 21.2 Å². The molecule has 0 fully saturated rings. The number of rotatable bonds is 11. The van der Waals surface area contributed by atoms with E-state index in [9.17, 15) is 30.8 Å². The first kappa shape index (κ1) is 28.8. The first-order valence-electron chi connectivity index (χ1n) is 11.0. The Kier molecular flexibility index (Phi) is 9.86. The number of nitrogens with one attached hydrogen (secondary N) is 1. The number of alkyl halides is 3. The van der Waals surface area contributed by atoms with Crippen molar-refractivity contribution in [3.05, 3.63) is 94.8 Å². The van der Waals surface area contributed by atoms with Crippen molar-refractivity contribution in [2.75, 3.05) is 23.1 Å². The number of hydrogen-bond donors (Lipinski definition) is 1. The van der Waals surface area contributed by atoms with Gasteiger partial charge in [0, 0.05) is 12.3 Å². The van der Waals surface area contributed by atoms with E-state index in [0.29, 0.717) is 33.9 Å². The summed E-state index contributed by atoms with van der Waals surface area (Å²) in [6.45, 7) is -0.532. The molecule has 5 nitrogen and oxygen atoms in total. The van der Waals surface area contributed by atoms with Crippen LogP contribution in [0.2, 0.25) is 5.02 Å². The third kappa shape index (κ3) is 7.86. The molecule has 12 heteroatoms. The van der Waals surface area contributed by atoms with Gasteiger partial charge in [-0.15, -0.1) is 0 Å². The molecule has 37 heavy (non-hydrogen) atoms. The molecule has 0 radical (unpaired) electrons. The zero-order valence-electron chi connectivity index (χ0n) is 19.3. The molecule has 0 unspecified atom stereocenters. The zero-order chi connectivity index (χ0) is 27.1. The first-order chi connectivity index (χ1) is 17.5. The second-order valence-corrected chi connectivity index (χ2v) is 11.2. The average molecular weight is 575 g/mol. The van der Waals surface area contributed by atoms with Gasteiger partial charge in [0.1, 0.15) is 12.4 Å². The molecule has 0 atom stereocenters. The number of nitrogens with zero attached hydrogens (tertiary/aromatic N) is 1. The van der Waals surface area contributed by atoms with Gasteiger partial charge in [-0.2, -0.15) is 24.9 Å². The smallest absolute Gasteiger partial charge is 0.354 e. The Morgan fingerprint density at radius 1 is 1.00 bits per heavy atom. The molecule has 0 saturated carbocycles. The number of hydrogen-bond acceptors (Lipinski definition) is 4. The molecule has 0 aromatic heterocycles. The first-order valence-corrected chi connectivity index (χ1v) is 14.0. The highest BCUT2D eigenvalue weighted by atomic mass is 35.5. The third-order valence-electron chi connectivity index (χ3n) is 5.16. The molecule has 3 aromatic rings. The van der Waals surface area contributed by atoms with Crippen LogP contribution in [0.4, 0.5) is 23.2 Å². The summed E-state index contributed by atoms with van der Waals surface area (Å²) in [7, 11) is -4.38. The second kappa shape index (κ2) is 12.7. The number of carbonyl (C=O) groups excluding carboxylic acids is 1. The van der Waals surface area contributed by atoms with E-state index >= 15 is 0 Å². The van der Waals surface area contributed by atoms with Gasteiger partial charge in [-0.05, 0) is 54.1 Å². The molecule has 0 saturated heterocycles. The van der Waals surface area contributed by atoms with Crippen LogP contribution in [0.5, 0.6) is 0 Å². The standard InChI is InChI=1S/C25H23ClF4N2O3S2/c26-22-12-11-19(15-21(22)25(28,29)30)32(37(34,35)20-8-2-1-3-9-20)16-24(33)31-13-6-14-36-17-18-7-4-5-10-23(18)27/h1-5,7-12,15H,6,13-14,16-17H2,(H,31,33). The van der Waals surface area contributed by atoms with Crippen LogP contribution in [-0.2, 0) is 26.7 Å². The van der Waals surface area contributed by atoms with E-state index in [1.807, 2.05) is 0 Å². The summed E-state index contributed by atoms with van der Waals surface area (Å²) >= 11 is 7.16. The number of sulfonamides is 1. The topological polar surface area (TPSA) is 66.5 Å². The predicted molar refractivity (Wildman–Crippen MR) is 138 cm³/mol. The lowest BCUT2D eigenvalue weighted by atomic mass is 10.2. The van der Waals surface area contributed by atoms with Crippen LogP contribution in [0.25, 0.3) is 0 Å². The summed E-state index contributed by atoms with van der Waals surface area (Å²) in [4.78, 5) is 12.4. The van der Waals surface area contributed by atoms with Crippen molar-refractivity contribution in [1.29, 1.82) is 0 Å². The Hall–Kier alpha value is -2.76. The molecular formula is C25H23ClF4N2O3S2. The van der Waals surface area contributed by atoms with Crippen LogP contribution >= 0.6 is 23.4 Å². The van der Waals surface area contributed by atoms with Gasteiger partial charge in [-0.1, -0.05) is 48.0 Å². The minimum atomic E-state index is -4.82. The monoisotopic (exact) mass is 574 g/mol. The predicted octanol–water partition coefficient (Wildman–Crippen LogP) is 6.13. The highest BCUT2D eigenvalue weighted by Crippen LogP contribution is 2.38. The molecule has 1 N–H and O–H groups in total. The lowest BCUT2D eigenvalue weighted by Gasteiger charge is -2.25. The van der Waals surface area contributed by atoms with E-state index in [1.54, 1.807) is 24.3 Å². The van der Waals surface area contributed by atoms with Gasteiger partial charge in [-0.3, -0.25) is 9.10 Å². The van der Waals surface area contributed by atoms with E-state index in [4.69, 9.17) is 11.6 Å². The molecule has 0 aliphatic rings. The number of benzene rings is 3. The summed E-state index contributed by atoms with van der Waals surface area (Å²) in [5, 5.41) is 2.00. The molecule has 198 valence electrons. The Morgan fingerprint density at radius 2 is 1.68 bits per heavy atom. The average Bonchev–Trinajstić information content (AvgIpc) is 2.86. The Labute approximate surface area is 221 Å². The van der Waals surface area contributed by atoms with E-state index in [2.05, 4.69) is 5.32 Å². The quantitative estimate of drug-likeness (QED) is 0.221. The SMILES string of the molecule is O=C(CN(c1ccc(Cl)c(C(F)(F)F)c1)S(=O)(=O)c1ccccc1)NCCCSCc1ccccc1F. The van der Waals surface area contributed by atoms with E-state index < -0.39 is 39.2 Å². The van der Waals surface area contributed by atoms with Gasteiger partial charge in [-0.25, -0.2) is 12.8 Å². The molecule has 1 amide bonds. The molecule has 0 heterocycles. The lowest BCUT2D eigenvalue weighted by molar-refractivity contribution is -0.137. The second-order valence-electron chi connectivity index (χ2n) is 7.83. The van der Waals surface area contributed by atoms with Crippen LogP contribution < -0.4 is 9.62 Å². The summed E-state index contributed by atoms with van der Waals surface area (Å²) in [6, 6.07) is 16.2. The van der Waals surface area contributed by atoms with Gasteiger partial charge in [0.2, 0.25) is 5.91 Å². The fourth-order valence-corrected chi connectivity index (χ4v) is 5.91. The fourth-order valence-electron chi connectivity index (χ4n) is 3.31. The maximum Gasteiger partial charge on any atom is 0.417 e. The summed E-state index contributed by atoms with van der Waals surface area (Å²) < 4.78 is 81.1. The van der Waals surface area contributed by atoms with Crippen molar-refractivity contribution in [1.82, 2.24) is 5.32 Å². The van der Waals surface area contributed by atoms with Crippen molar-refractivity contribution in [3.63, 3.8) is 0 Å². The van der Waals surface area contributed by atoms with Crippen molar-refractivity contribution in [3.8, 4) is 0 Å². The van der Waals surface area contributed by atoms with Crippen LogP contribution in [0.3, 0.4) is 0 Å². The summed E-state index contributed by atoms with van der Waals surface area (Å²) in [5.41, 5.74) is -0.997. The van der Waals surface area contributed by atoms with Crippen LogP contribution in [0.1, 0.15) is 17.5 Å². The number of thioether (sulfide) groups is 1. The Morgan fingerprint density at radius 3 is 2.35 bits per heavy atom. The number of amides is 1.